The summed E-state index contributed by atoms with van der Waals surface area (Å²) in [5, 5.41) is 8.16. The number of aliphatic imine (C=N–C) groups is 1. The van der Waals surface area contributed by atoms with Gasteiger partial charge in [-0.05, 0) is 49.8 Å². The zero-order valence-electron chi connectivity index (χ0n) is 14.7. The van der Waals surface area contributed by atoms with Gasteiger partial charge in [-0.3, -0.25) is 4.99 Å². The maximum Gasteiger partial charge on any atom is 0.191 e. The molecule has 3 N–H and O–H groups in total. The van der Waals surface area contributed by atoms with Gasteiger partial charge in [0.25, 0.3) is 0 Å². The van der Waals surface area contributed by atoms with Crippen molar-refractivity contribution >= 4 is 40.8 Å². The molecular weight excluding hydrogens is 411 g/mol. The quantitative estimate of drug-likeness (QED) is 0.347. The maximum atomic E-state index is 4.68. The van der Waals surface area contributed by atoms with Gasteiger partial charge in [0, 0.05) is 36.7 Å². The van der Waals surface area contributed by atoms with Gasteiger partial charge in [-0.15, -0.1) is 24.0 Å². The van der Waals surface area contributed by atoms with Gasteiger partial charge in [0.1, 0.15) is 0 Å². The van der Waals surface area contributed by atoms with Crippen LogP contribution in [0.3, 0.4) is 0 Å². The van der Waals surface area contributed by atoms with E-state index in [9.17, 15) is 0 Å². The first-order chi connectivity index (χ1) is 11.3. The molecule has 1 aromatic carbocycles. The lowest BCUT2D eigenvalue weighted by Gasteiger charge is -2.11. The standard InChI is InChI=1S/C19H28N4.HI/c1-3-20-19(21-11-9-15-7-8-15)22-12-10-16-13-23-17-6-4-5-14(2)18(16)17;/h4-6,13,15,23H,3,7-12H2,1-2H3,(H2,20,21,22);1H. The molecule has 132 valence electrons. The Hall–Kier alpha value is -1.24. The van der Waals surface area contributed by atoms with Crippen LogP contribution in [0.25, 0.3) is 10.9 Å². The SMILES string of the molecule is CCNC(=NCCC1CC1)NCCc1c[nH]c2cccc(C)c12.I. The van der Waals surface area contributed by atoms with Crippen LogP contribution in [0.5, 0.6) is 0 Å². The highest BCUT2D eigenvalue weighted by atomic mass is 127. The lowest BCUT2D eigenvalue weighted by molar-refractivity contribution is 0.724. The van der Waals surface area contributed by atoms with Gasteiger partial charge in [-0.25, -0.2) is 0 Å². The molecule has 5 heteroatoms. The van der Waals surface area contributed by atoms with Gasteiger partial charge in [-0.1, -0.05) is 25.0 Å². The van der Waals surface area contributed by atoms with Crippen molar-refractivity contribution in [1.29, 1.82) is 0 Å². The molecule has 0 aliphatic heterocycles. The molecule has 3 rings (SSSR count). The number of H-pyrrole nitrogens is 1. The van der Waals surface area contributed by atoms with E-state index in [1.165, 1.54) is 41.3 Å². The summed E-state index contributed by atoms with van der Waals surface area (Å²) in [6.45, 7) is 7.03. The smallest absolute Gasteiger partial charge is 0.191 e. The molecule has 1 aliphatic rings. The predicted octanol–water partition coefficient (Wildman–Crippen LogP) is 3.99. The molecule has 0 amide bonds. The summed E-state index contributed by atoms with van der Waals surface area (Å²) < 4.78 is 0. The highest BCUT2D eigenvalue weighted by molar-refractivity contribution is 14.0. The summed E-state index contributed by atoms with van der Waals surface area (Å²) in [7, 11) is 0. The predicted molar refractivity (Wildman–Crippen MR) is 113 cm³/mol. The minimum Gasteiger partial charge on any atom is -0.361 e. The van der Waals surface area contributed by atoms with Crippen LogP contribution in [0.15, 0.2) is 29.4 Å². The number of hydrogen-bond acceptors (Lipinski definition) is 1. The van der Waals surface area contributed by atoms with Gasteiger partial charge in [-0.2, -0.15) is 0 Å². The molecule has 1 aliphatic carbocycles. The van der Waals surface area contributed by atoms with Crippen molar-refractivity contribution in [3.8, 4) is 0 Å². The van der Waals surface area contributed by atoms with E-state index in [-0.39, 0.29) is 24.0 Å². The summed E-state index contributed by atoms with van der Waals surface area (Å²) in [6.07, 6.45) is 7.17. The van der Waals surface area contributed by atoms with E-state index in [1.54, 1.807) is 0 Å². The topological polar surface area (TPSA) is 52.2 Å². The van der Waals surface area contributed by atoms with E-state index < -0.39 is 0 Å². The third-order valence-electron chi connectivity index (χ3n) is 4.53. The summed E-state index contributed by atoms with van der Waals surface area (Å²) >= 11 is 0. The van der Waals surface area contributed by atoms with E-state index in [0.29, 0.717) is 0 Å². The number of guanidine groups is 1. The van der Waals surface area contributed by atoms with Crippen LogP contribution < -0.4 is 10.6 Å². The second kappa shape index (κ2) is 9.30. The first-order valence-corrected chi connectivity index (χ1v) is 8.85. The Labute approximate surface area is 161 Å². The van der Waals surface area contributed by atoms with E-state index in [1.807, 2.05) is 0 Å². The van der Waals surface area contributed by atoms with E-state index in [2.05, 4.69) is 58.9 Å². The molecule has 0 bridgehead atoms. The number of halogens is 1. The lowest BCUT2D eigenvalue weighted by atomic mass is 10.1. The molecule has 1 fully saturated rings. The van der Waals surface area contributed by atoms with Crippen LogP contribution in [0.1, 0.15) is 37.3 Å². The number of aryl methyl sites for hydroxylation is 1. The summed E-state index contributed by atoms with van der Waals surface area (Å²) in [5.41, 5.74) is 3.94. The van der Waals surface area contributed by atoms with Crippen molar-refractivity contribution in [2.24, 2.45) is 10.9 Å². The average Bonchev–Trinajstić information content (AvgIpc) is 3.27. The molecule has 0 radical (unpaired) electrons. The van der Waals surface area contributed by atoms with Crippen molar-refractivity contribution in [2.45, 2.75) is 39.5 Å². The molecule has 24 heavy (non-hydrogen) atoms. The van der Waals surface area contributed by atoms with Gasteiger partial charge >= 0.3 is 0 Å². The molecule has 1 saturated carbocycles. The normalized spacial score (nSPS) is 14.5. The third-order valence-corrected chi connectivity index (χ3v) is 4.53. The highest BCUT2D eigenvalue weighted by Gasteiger charge is 2.20. The van der Waals surface area contributed by atoms with Crippen molar-refractivity contribution in [3.63, 3.8) is 0 Å². The van der Waals surface area contributed by atoms with E-state index >= 15 is 0 Å². The Morgan fingerprint density at radius 3 is 2.88 bits per heavy atom. The monoisotopic (exact) mass is 440 g/mol. The highest BCUT2D eigenvalue weighted by Crippen LogP contribution is 2.32. The molecule has 0 spiro atoms. The van der Waals surface area contributed by atoms with Gasteiger partial charge in [0.2, 0.25) is 0 Å². The number of benzene rings is 1. The molecule has 4 nitrogen and oxygen atoms in total. The van der Waals surface area contributed by atoms with E-state index in [0.717, 1.165) is 37.9 Å². The Balaban J connectivity index is 0.00000208. The molecule has 1 heterocycles. The minimum absolute atomic E-state index is 0. The Morgan fingerprint density at radius 2 is 2.12 bits per heavy atom. The van der Waals surface area contributed by atoms with Crippen molar-refractivity contribution < 1.29 is 0 Å². The summed E-state index contributed by atoms with van der Waals surface area (Å²) in [5.74, 6) is 1.89. The first kappa shape index (κ1) is 19.1. The maximum absolute atomic E-state index is 4.68. The number of hydrogen-bond donors (Lipinski definition) is 3. The Bertz CT molecular complexity index is 673. The van der Waals surface area contributed by atoms with Crippen LogP contribution in [-0.2, 0) is 6.42 Å². The molecule has 0 atom stereocenters. The molecule has 2 aromatic rings. The average molecular weight is 440 g/mol. The summed E-state index contributed by atoms with van der Waals surface area (Å²) in [4.78, 5) is 8.05. The van der Waals surface area contributed by atoms with Crippen molar-refractivity contribution in [1.82, 2.24) is 15.6 Å². The van der Waals surface area contributed by atoms with E-state index in [4.69, 9.17) is 0 Å². The van der Waals surface area contributed by atoms with Gasteiger partial charge in [0.15, 0.2) is 5.96 Å². The number of rotatable bonds is 7. The van der Waals surface area contributed by atoms with Crippen LogP contribution in [0.2, 0.25) is 0 Å². The van der Waals surface area contributed by atoms with Crippen LogP contribution in [-0.4, -0.2) is 30.6 Å². The number of aromatic nitrogens is 1. The summed E-state index contributed by atoms with van der Waals surface area (Å²) in [6, 6.07) is 6.42. The van der Waals surface area contributed by atoms with Crippen LogP contribution >= 0.6 is 24.0 Å². The Morgan fingerprint density at radius 1 is 1.29 bits per heavy atom. The van der Waals surface area contributed by atoms with Gasteiger partial charge in [0.05, 0.1) is 0 Å². The second-order valence-electron chi connectivity index (χ2n) is 6.48. The lowest BCUT2D eigenvalue weighted by Crippen LogP contribution is -2.38. The van der Waals surface area contributed by atoms with Crippen LogP contribution in [0, 0.1) is 12.8 Å². The third kappa shape index (κ3) is 5.13. The number of nitrogens with one attached hydrogen (secondary N) is 3. The zero-order valence-corrected chi connectivity index (χ0v) is 17.0. The van der Waals surface area contributed by atoms with Gasteiger partial charge < -0.3 is 15.6 Å². The largest absolute Gasteiger partial charge is 0.361 e. The van der Waals surface area contributed by atoms with Crippen molar-refractivity contribution in [2.75, 3.05) is 19.6 Å². The first-order valence-electron chi connectivity index (χ1n) is 8.85. The van der Waals surface area contributed by atoms with Crippen molar-refractivity contribution in [3.05, 3.63) is 35.5 Å². The number of nitrogens with zero attached hydrogens (tertiary/aromatic N) is 1. The fourth-order valence-electron chi connectivity index (χ4n) is 3.07. The second-order valence-corrected chi connectivity index (χ2v) is 6.48. The molecule has 1 aromatic heterocycles. The molecular formula is C19H29IN4. The molecule has 0 unspecified atom stereocenters. The fourth-order valence-corrected chi connectivity index (χ4v) is 3.07. The molecule has 0 saturated heterocycles. The zero-order chi connectivity index (χ0) is 16.1. The minimum atomic E-state index is 0. The number of aromatic amines is 1. The Kier molecular flexibility index (Phi) is 7.40. The van der Waals surface area contributed by atoms with Crippen LogP contribution in [0.4, 0.5) is 0 Å². The number of fused-ring (bicyclic) bond motifs is 1. The fraction of sp³-hybridized carbons (Fsp3) is 0.526.